The first-order valence-electron chi connectivity index (χ1n) is 6.56. The van der Waals surface area contributed by atoms with Gasteiger partial charge in [0.25, 0.3) is 0 Å². The van der Waals surface area contributed by atoms with E-state index in [1.165, 1.54) is 17.4 Å². The lowest BCUT2D eigenvalue weighted by molar-refractivity contribution is -0.120. The molecule has 0 saturated carbocycles. The predicted octanol–water partition coefficient (Wildman–Crippen LogP) is 1.17. The third kappa shape index (κ3) is 4.57. The molecule has 2 aromatic heterocycles. The molecule has 0 spiro atoms. The maximum absolute atomic E-state index is 11.8. The summed E-state index contributed by atoms with van der Waals surface area (Å²) in [5, 5.41) is 8.31. The van der Waals surface area contributed by atoms with Crippen LogP contribution in [-0.2, 0) is 21.2 Å². The average Bonchev–Trinajstić information content (AvgIpc) is 3.05. The number of hydrogen-bond donors (Lipinski definition) is 1. The Morgan fingerprint density at radius 3 is 2.82 bits per heavy atom. The number of aryl methyl sites for hydroxylation is 1. The maximum Gasteiger partial charge on any atom is 0.233 e. The first-order valence-corrected chi connectivity index (χ1v) is 9.29. The molecule has 0 radical (unpaired) electrons. The molecule has 7 nitrogen and oxygen atoms in total. The first kappa shape index (κ1) is 16.5. The van der Waals surface area contributed by atoms with Gasteiger partial charge in [0, 0.05) is 17.5 Å². The lowest BCUT2D eigenvalue weighted by Gasteiger charge is -2.19. The van der Waals surface area contributed by atoms with Crippen molar-refractivity contribution in [1.82, 2.24) is 10.5 Å². The number of nitrogens with zero attached hydrogens (tertiary/aromatic N) is 2. The van der Waals surface area contributed by atoms with Crippen LogP contribution in [0.2, 0.25) is 0 Å². The summed E-state index contributed by atoms with van der Waals surface area (Å²) in [6.07, 6.45) is 1.38. The summed E-state index contributed by atoms with van der Waals surface area (Å²) < 4.78 is 29.6. The molecule has 0 unspecified atom stereocenters. The van der Waals surface area contributed by atoms with Crippen LogP contribution in [0.25, 0.3) is 0 Å². The number of thiophene rings is 1. The number of anilines is 1. The molecule has 2 aromatic rings. The summed E-state index contributed by atoms with van der Waals surface area (Å²) in [7, 11) is -3.49. The van der Waals surface area contributed by atoms with Crippen molar-refractivity contribution in [2.24, 2.45) is 0 Å². The monoisotopic (exact) mass is 343 g/mol. The largest absolute Gasteiger partial charge is 0.360 e. The Kier molecular flexibility index (Phi) is 5.19. The van der Waals surface area contributed by atoms with Crippen LogP contribution in [-0.4, -0.2) is 38.8 Å². The van der Waals surface area contributed by atoms with Crippen molar-refractivity contribution in [3.8, 4) is 0 Å². The van der Waals surface area contributed by atoms with Gasteiger partial charge in [0.2, 0.25) is 15.9 Å². The Bertz CT molecular complexity index is 722. The molecule has 0 bridgehead atoms. The van der Waals surface area contributed by atoms with Crippen LogP contribution in [0.3, 0.4) is 0 Å². The summed E-state index contributed by atoms with van der Waals surface area (Å²) in [5.74, 6) is 0.588. The van der Waals surface area contributed by atoms with Gasteiger partial charge in [0.15, 0.2) is 5.82 Å². The highest BCUT2D eigenvalue weighted by molar-refractivity contribution is 7.92. The third-order valence-electron chi connectivity index (χ3n) is 2.82. The second-order valence-electron chi connectivity index (χ2n) is 4.74. The topological polar surface area (TPSA) is 92.5 Å². The molecule has 0 aliphatic heterocycles. The van der Waals surface area contributed by atoms with Crippen LogP contribution in [0.15, 0.2) is 28.1 Å². The summed E-state index contributed by atoms with van der Waals surface area (Å²) in [4.78, 5) is 12.7. The van der Waals surface area contributed by atoms with Crippen molar-refractivity contribution in [3.63, 3.8) is 0 Å². The Labute approximate surface area is 133 Å². The number of aromatic nitrogens is 1. The Hall–Kier alpha value is -1.87. The van der Waals surface area contributed by atoms with E-state index in [1.54, 1.807) is 6.92 Å². The van der Waals surface area contributed by atoms with Crippen LogP contribution in [0.5, 0.6) is 0 Å². The van der Waals surface area contributed by atoms with Gasteiger partial charge in [-0.25, -0.2) is 12.7 Å². The number of nitrogens with one attached hydrogen (secondary N) is 1. The van der Waals surface area contributed by atoms with Gasteiger partial charge in [-0.05, 0) is 18.4 Å². The summed E-state index contributed by atoms with van der Waals surface area (Å²) >= 11 is 1.51. The number of sulfonamides is 1. The second-order valence-corrected chi connectivity index (χ2v) is 7.68. The molecule has 0 saturated heterocycles. The van der Waals surface area contributed by atoms with Crippen molar-refractivity contribution in [2.45, 2.75) is 13.3 Å². The van der Waals surface area contributed by atoms with Crippen molar-refractivity contribution < 1.29 is 17.7 Å². The zero-order valence-electron chi connectivity index (χ0n) is 12.3. The van der Waals surface area contributed by atoms with E-state index in [0.717, 1.165) is 15.4 Å². The van der Waals surface area contributed by atoms with Gasteiger partial charge < -0.3 is 9.84 Å². The quantitative estimate of drug-likeness (QED) is 0.815. The highest BCUT2D eigenvalue weighted by atomic mass is 32.2. The van der Waals surface area contributed by atoms with Gasteiger partial charge in [-0.2, -0.15) is 0 Å². The van der Waals surface area contributed by atoms with Gasteiger partial charge in [0.1, 0.15) is 5.76 Å². The van der Waals surface area contributed by atoms with Crippen molar-refractivity contribution in [1.29, 1.82) is 0 Å². The van der Waals surface area contributed by atoms with E-state index in [2.05, 4.69) is 10.5 Å². The maximum atomic E-state index is 11.8. The molecule has 120 valence electrons. The molecule has 9 heteroatoms. The third-order valence-corrected chi connectivity index (χ3v) is 4.87. The fourth-order valence-electron chi connectivity index (χ4n) is 1.85. The standard InChI is InChI=1S/C13H17N3O4S2/c1-10-8-12(15-20-10)16(22(2,18)19)6-5-14-13(17)9-11-4-3-7-21-11/h3-4,7-8H,5-6,9H2,1-2H3,(H,14,17). The molecular weight excluding hydrogens is 326 g/mol. The Morgan fingerprint density at radius 1 is 1.50 bits per heavy atom. The van der Waals surface area contributed by atoms with Gasteiger partial charge in [-0.1, -0.05) is 11.2 Å². The van der Waals surface area contributed by atoms with Crippen LogP contribution < -0.4 is 9.62 Å². The van der Waals surface area contributed by atoms with Crippen LogP contribution in [0.4, 0.5) is 5.82 Å². The van der Waals surface area contributed by atoms with Gasteiger partial charge in [-0.3, -0.25) is 4.79 Å². The van der Waals surface area contributed by atoms with E-state index >= 15 is 0 Å². The summed E-state index contributed by atoms with van der Waals surface area (Å²) in [6.45, 7) is 1.98. The van der Waals surface area contributed by atoms with Crippen molar-refractivity contribution >= 4 is 33.1 Å². The molecule has 2 rings (SSSR count). The molecular formula is C13H17N3O4S2. The number of rotatable bonds is 7. The lowest BCUT2D eigenvalue weighted by Crippen LogP contribution is -2.38. The molecule has 2 heterocycles. The fraction of sp³-hybridized carbons (Fsp3) is 0.385. The minimum absolute atomic E-state index is 0.0982. The van der Waals surface area contributed by atoms with E-state index < -0.39 is 10.0 Å². The number of hydrogen-bond acceptors (Lipinski definition) is 6. The summed E-state index contributed by atoms with van der Waals surface area (Å²) in [6, 6.07) is 5.30. The molecule has 0 atom stereocenters. The molecule has 1 N–H and O–H groups in total. The molecule has 0 aromatic carbocycles. The van der Waals surface area contributed by atoms with E-state index in [1.807, 2.05) is 17.5 Å². The molecule has 22 heavy (non-hydrogen) atoms. The SMILES string of the molecule is Cc1cc(N(CCNC(=O)Cc2cccs2)S(C)(=O)=O)no1. The van der Waals surface area contributed by atoms with Gasteiger partial charge in [0.05, 0.1) is 19.2 Å². The number of amides is 1. The predicted molar refractivity (Wildman–Crippen MR) is 84.5 cm³/mol. The van der Waals surface area contributed by atoms with E-state index in [4.69, 9.17) is 4.52 Å². The van der Waals surface area contributed by atoms with Gasteiger partial charge in [-0.15, -0.1) is 11.3 Å². The average molecular weight is 343 g/mol. The number of carbonyl (C=O) groups is 1. The lowest BCUT2D eigenvalue weighted by atomic mass is 10.3. The Morgan fingerprint density at radius 2 is 2.27 bits per heavy atom. The van der Waals surface area contributed by atoms with Gasteiger partial charge >= 0.3 is 0 Å². The molecule has 0 aliphatic rings. The molecule has 0 aliphatic carbocycles. The fourth-order valence-corrected chi connectivity index (χ4v) is 3.40. The first-order chi connectivity index (χ1) is 10.4. The Balaban J connectivity index is 1.91. The van der Waals surface area contributed by atoms with Crippen molar-refractivity contribution in [3.05, 3.63) is 34.2 Å². The van der Waals surface area contributed by atoms with E-state index in [0.29, 0.717) is 12.2 Å². The minimum atomic E-state index is -3.49. The highest BCUT2D eigenvalue weighted by Gasteiger charge is 2.20. The zero-order chi connectivity index (χ0) is 16.2. The zero-order valence-corrected chi connectivity index (χ0v) is 13.9. The van der Waals surface area contributed by atoms with Crippen molar-refractivity contribution in [2.75, 3.05) is 23.7 Å². The van der Waals surface area contributed by atoms with E-state index in [-0.39, 0.29) is 24.8 Å². The minimum Gasteiger partial charge on any atom is -0.360 e. The van der Waals surface area contributed by atoms with Crippen LogP contribution in [0, 0.1) is 6.92 Å². The van der Waals surface area contributed by atoms with Crippen LogP contribution >= 0.6 is 11.3 Å². The smallest absolute Gasteiger partial charge is 0.233 e. The normalized spacial score (nSPS) is 11.4. The second kappa shape index (κ2) is 6.93. The van der Waals surface area contributed by atoms with Crippen LogP contribution in [0.1, 0.15) is 10.6 Å². The molecule has 0 fully saturated rings. The number of carbonyl (C=O) groups excluding carboxylic acids is 1. The molecule has 1 amide bonds. The highest BCUT2D eigenvalue weighted by Crippen LogP contribution is 2.16. The van der Waals surface area contributed by atoms with E-state index in [9.17, 15) is 13.2 Å². The summed E-state index contributed by atoms with van der Waals surface area (Å²) in [5.41, 5.74) is 0.